The van der Waals surface area contributed by atoms with E-state index in [9.17, 15) is 14.9 Å². The van der Waals surface area contributed by atoms with E-state index in [0.29, 0.717) is 5.69 Å². The zero-order valence-corrected chi connectivity index (χ0v) is 11.6. The number of anilines is 2. The van der Waals surface area contributed by atoms with E-state index < -0.39 is 10.8 Å². The molecule has 2 aromatic rings. The predicted molar refractivity (Wildman–Crippen MR) is 79.6 cm³/mol. The molecule has 0 aliphatic rings. The van der Waals surface area contributed by atoms with Crippen molar-refractivity contribution in [3.8, 4) is 0 Å². The summed E-state index contributed by atoms with van der Waals surface area (Å²) in [6, 6.07) is 6.11. The molecule has 0 saturated carbocycles. The number of hydrogen-bond acceptors (Lipinski definition) is 5. The first-order chi connectivity index (χ1) is 10.0. The lowest BCUT2D eigenvalue weighted by Crippen LogP contribution is -2.15. The summed E-state index contributed by atoms with van der Waals surface area (Å²) in [5.41, 5.74) is 1.66. The minimum Gasteiger partial charge on any atom is -0.382 e. The summed E-state index contributed by atoms with van der Waals surface area (Å²) in [6.07, 6.45) is 3.15. The van der Waals surface area contributed by atoms with Gasteiger partial charge in [-0.05, 0) is 24.6 Å². The second kappa shape index (κ2) is 6.00. The van der Waals surface area contributed by atoms with Crippen LogP contribution in [-0.2, 0) is 0 Å². The highest BCUT2D eigenvalue weighted by Gasteiger charge is 2.20. The summed E-state index contributed by atoms with van der Waals surface area (Å²) in [4.78, 5) is 26.7. The van der Waals surface area contributed by atoms with E-state index in [2.05, 4.69) is 15.6 Å². The van der Waals surface area contributed by atoms with Crippen LogP contribution in [0.15, 0.2) is 36.7 Å². The third-order valence-electron chi connectivity index (χ3n) is 3.02. The Balaban J connectivity index is 2.38. The van der Waals surface area contributed by atoms with Crippen LogP contribution in [0, 0.1) is 17.0 Å². The second-order valence-corrected chi connectivity index (χ2v) is 4.35. The molecule has 7 nitrogen and oxygen atoms in total. The van der Waals surface area contributed by atoms with Gasteiger partial charge in [-0.3, -0.25) is 19.9 Å². The normalized spacial score (nSPS) is 10.0. The highest BCUT2D eigenvalue weighted by Crippen LogP contribution is 2.28. The number of rotatable bonds is 4. The fourth-order valence-corrected chi connectivity index (χ4v) is 1.93. The Morgan fingerprint density at radius 2 is 2.10 bits per heavy atom. The van der Waals surface area contributed by atoms with Gasteiger partial charge in [0.05, 0.1) is 22.4 Å². The molecule has 1 amide bonds. The fraction of sp³-hybridized carbons (Fsp3) is 0.143. The van der Waals surface area contributed by atoms with Crippen molar-refractivity contribution in [2.45, 2.75) is 6.92 Å². The molecule has 7 heteroatoms. The molecule has 108 valence electrons. The Labute approximate surface area is 121 Å². The number of aryl methyl sites for hydroxylation is 1. The molecule has 0 bridgehead atoms. The molecule has 0 saturated heterocycles. The Morgan fingerprint density at radius 1 is 1.33 bits per heavy atom. The van der Waals surface area contributed by atoms with Gasteiger partial charge in [-0.15, -0.1) is 0 Å². The topological polar surface area (TPSA) is 97.2 Å². The van der Waals surface area contributed by atoms with E-state index in [0.717, 1.165) is 5.56 Å². The van der Waals surface area contributed by atoms with Crippen molar-refractivity contribution < 1.29 is 9.72 Å². The highest BCUT2D eigenvalue weighted by molar-refractivity contribution is 6.09. The van der Waals surface area contributed by atoms with Crippen molar-refractivity contribution in [3.63, 3.8) is 0 Å². The van der Waals surface area contributed by atoms with Crippen LogP contribution >= 0.6 is 0 Å². The second-order valence-electron chi connectivity index (χ2n) is 4.35. The fourth-order valence-electron chi connectivity index (χ4n) is 1.93. The number of aromatic nitrogens is 1. The molecule has 1 heterocycles. The van der Waals surface area contributed by atoms with Gasteiger partial charge < -0.3 is 10.6 Å². The molecule has 0 atom stereocenters. The lowest BCUT2D eigenvalue weighted by atomic mass is 10.1. The van der Waals surface area contributed by atoms with Crippen molar-refractivity contribution in [2.75, 3.05) is 17.7 Å². The Morgan fingerprint density at radius 3 is 2.71 bits per heavy atom. The van der Waals surface area contributed by atoms with E-state index >= 15 is 0 Å². The Kier molecular flexibility index (Phi) is 4.13. The molecule has 1 aromatic heterocycles. The summed E-state index contributed by atoms with van der Waals surface area (Å²) in [7, 11) is 1.54. The Bertz CT molecular complexity index is 700. The lowest BCUT2D eigenvalue weighted by molar-refractivity contribution is -0.384. The maximum absolute atomic E-state index is 12.3. The first-order valence-corrected chi connectivity index (χ1v) is 6.21. The molecular weight excluding hydrogens is 272 g/mol. The molecular formula is C14H14N4O3. The number of pyridine rings is 1. The van der Waals surface area contributed by atoms with E-state index in [1.807, 2.05) is 6.92 Å². The highest BCUT2D eigenvalue weighted by atomic mass is 16.6. The van der Waals surface area contributed by atoms with Gasteiger partial charge in [0.15, 0.2) is 0 Å². The molecule has 2 rings (SSSR count). The molecule has 0 spiro atoms. The zero-order chi connectivity index (χ0) is 15.4. The predicted octanol–water partition coefficient (Wildman–Crippen LogP) is 2.59. The van der Waals surface area contributed by atoms with Gasteiger partial charge in [0.2, 0.25) is 0 Å². The zero-order valence-electron chi connectivity index (χ0n) is 11.6. The van der Waals surface area contributed by atoms with Gasteiger partial charge in [0.25, 0.3) is 11.6 Å². The average molecular weight is 286 g/mol. The van der Waals surface area contributed by atoms with E-state index in [4.69, 9.17) is 0 Å². The minimum absolute atomic E-state index is 0.145. The van der Waals surface area contributed by atoms with Crippen molar-refractivity contribution in [1.29, 1.82) is 0 Å². The van der Waals surface area contributed by atoms with Crippen LogP contribution in [0.2, 0.25) is 0 Å². The van der Waals surface area contributed by atoms with Gasteiger partial charge in [-0.2, -0.15) is 0 Å². The van der Waals surface area contributed by atoms with E-state index in [1.54, 1.807) is 12.3 Å². The number of carbonyl (C=O) groups is 1. The van der Waals surface area contributed by atoms with Crippen molar-refractivity contribution in [2.24, 2.45) is 0 Å². The maximum atomic E-state index is 12.3. The van der Waals surface area contributed by atoms with E-state index in [-0.39, 0.29) is 16.9 Å². The quantitative estimate of drug-likeness (QED) is 0.665. The van der Waals surface area contributed by atoms with Crippen LogP contribution in [0.3, 0.4) is 0 Å². The summed E-state index contributed by atoms with van der Waals surface area (Å²) in [5.74, 6) is -0.431. The number of para-hydroxylation sites is 1. The van der Waals surface area contributed by atoms with Gasteiger partial charge in [0.1, 0.15) is 5.69 Å². The number of nitro groups is 1. The van der Waals surface area contributed by atoms with Gasteiger partial charge >= 0.3 is 0 Å². The summed E-state index contributed by atoms with van der Waals surface area (Å²) >= 11 is 0. The molecule has 2 N–H and O–H groups in total. The third-order valence-corrected chi connectivity index (χ3v) is 3.02. The van der Waals surface area contributed by atoms with Crippen LogP contribution in [0.5, 0.6) is 0 Å². The lowest BCUT2D eigenvalue weighted by Gasteiger charge is -2.11. The molecule has 0 fully saturated rings. The standard InChI is InChI=1S/C14H14N4O3/c1-9-6-7-16-8-11(9)17-14(19)10-4-3-5-12(18(20)21)13(10)15-2/h3-8,15H,1-2H3,(H,17,19). The largest absolute Gasteiger partial charge is 0.382 e. The van der Waals surface area contributed by atoms with Crippen LogP contribution < -0.4 is 10.6 Å². The molecule has 1 aromatic carbocycles. The summed E-state index contributed by atoms with van der Waals surface area (Å²) < 4.78 is 0. The monoisotopic (exact) mass is 286 g/mol. The van der Waals surface area contributed by atoms with Crippen LogP contribution in [0.1, 0.15) is 15.9 Å². The van der Waals surface area contributed by atoms with Crippen LogP contribution in [-0.4, -0.2) is 22.9 Å². The number of nitro benzene ring substituents is 1. The number of nitrogens with one attached hydrogen (secondary N) is 2. The summed E-state index contributed by atoms with van der Waals surface area (Å²) in [5, 5.41) is 16.4. The number of hydrogen-bond donors (Lipinski definition) is 2. The Hall–Kier alpha value is -2.96. The number of carbonyl (C=O) groups excluding carboxylic acids is 1. The van der Waals surface area contributed by atoms with Crippen LogP contribution in [0.4, 0.5) is 17.1 Å². The van der Waals surface area contributed by atoms with Crippen molar-refractivity contribution >= 4 is 23.0 Å². The third kappa shape index (κ3) is 2.97. The molecule has 21 heavy (non-hydrogen) atoms. The van der Waals surface area contributed by atoms with Crippen molar-refractivity contribution in [1.82, 2.24) is 4.98 Å². The SMILES string of the molecule is CNc1c(C(=O)Nc2cnccc2C)cccc1[N+](=O)[O-]. The van der Waals surface area contributed by atoms with Crippen molar-refractivity contribution in [3.05, 3.63) is 57.9 Å². The number of amides is 1. The average Bonchev–Trinajstić information content (AvgIpc) is 2.48. The van der Waals surface area contributed by atoms with Gasteiger partial charge in [-0.25, -0.2) is 0 Å². The van der Waals surface area contributed by atoms with E-state index in [1.165, 1.54) is 31.4 Å². The van der Waals surface area contributed by atoms with Gasteiger partial charge in [0, 0.05) is 19.3 Å². The maximum Gasteiger partial charge on any atom is 0.293 e. The minimum atomic E-state index is -0.530. The number of benzene rings is 1. The smallest absolute Gasteiger partial charge is 0.293 e. The van der Waals surface area contributed by atoms with Gasteiger partial charge in [-0.1, -0.05) is 6.07 Å². The molecule has 0 radical (unpaired) electrons. The number of nitrogens with zero attached hydrogens (tertiary/aromatic N) is 2. The first kappa shape index (κ1) is 14.4. The molecule has 0 aliphatic heterocycles. The summed E-state index contributed by atoms with van der Waals surface area (Å²) in [6.45, 7) is 1.84. The first-order valence-electron chi connectivity index (χ1n) is 6.21. The molecule has 0 unspecified atom stereocenters. The molecule has 0 aliphatic carbocycles. The van der Waals surface area contributed by atoms with Crippen LogP contribution in [0.25, 0.3) is 0 Å².